The van der Waals surface area contributed by atoms with Gasteiger partial charge in [-0.1, -0.05) is 18.2 Å². The molecule has 1 aliphatic rings. The van der Waals surface area contributed by atoms with Gasteiger partial charge in [-0.3, -0.25) is 18.8 Å². The largest absolute Gasteiger partial charge is 0.530 e. The second-order valence-corrected chi connectivity index (χ2v) is 10.9. The molecule has 0 aliphatic carbocycles. The lowest BCUT2D eigenvalue weighted by molar-refractivity contribution is -0.290. The Morgan fingerprint density at radius 1 is 1.17 bits per heavy atom. The first-order valence-electron chi connectivity index (χ1n) is 12.4. The maximum Gasteiger partial charge on any atom is 0.530 e. The first-order valence-corrected chi connectivity index (χ1v) is 13.9. The third-order valence-corrected chi connectivity index (χ3v) is 7.15. The average molecular weight is 598 g/mol. The molecule has 18 heteroatoms. The molecule has 41 heavy (non-hydrogen) atoms. The number of anilines is 3. The van der Waals surface area contributed by atoms with Crippen LogP contribution in [0.3, 0.4) is 0 Å². The number of aliphatic hydroxyl groups is 3. The molecule has 1 fully saturated rings. The number of carbonyl (C=O) groups is 1. The van der Waals surface area contributed by atoms with E-state index in [-0.39, 0.29) is 29.0 Å². The van der Waals surface area contributed by atoms with E-state index in [2.05, 4.69) is 15.0 Å². The molecule has 3 aromatic rings. The molecule has 1 aliphatic heterocycles. The number of hydrogen-bond donors (Lipinski definition) is 6. The lowest BCUT2D eigenvalue weighted by atomic mass is 10.1. The average Bonchev–Trinajstić information content (AvgIpc) is 3.42. The first-order chi connectivity index (χ1) is 19.1. The summed E-state index contributed by atoms with van der Waals surface area (Å²) in [5.41, 5.74) is 11.8. The standard InChI is InChI=1S/C23H32N7O10P/c1-11(2)38-30(14-8-6-5-7-9-14)12(3)21(33)40-41(35,36)39-13(4)17-16(31)18(32)23(34,37-17)29-10-26-15-19(24)27-22(25)28-20(15)29/h5-13,16-18,31-32,34H,1-4H3,(H,35,36)(H4,24,25,27,28)/t12-,13-,16+,17+,18+,23-/m0/s1. The van der Waals surface area contributed by atoms with Crippen molar-refractivity contribution in [2.45, 2.75) is 70.2 Å². The van der Waals surface area contributed by atoms with Crippen LogP contribution in [0.25, 0.3) is 11.2 Å². The zero-order valence-electron chi connectivity index (χ0n) is 22.5. The van der Waals surface area contributed by atoms with Gasteiger partial charge in [0.2, 0.25) is 5.95 Å². The number of aliphatic hydroxyl groups excluding tert-OH is 2. The number of phosphoric ester groups is 1. The van der Waals surface area contributed by atoms with E-state index in [1.807, 2.05) is 0 Å². The van der Waals surface area contributed by atoms with Crippen molar-refractivity contribution in [2.24, 2.45) is 0 Å². The molecule has 0 saturated carbocycles. The van der Waals surface area contributed by atoms with E-state index in [1.54, 1.807) is 44.2 Å². The summed E-state index contributed by atoms with van der Waals surface area (Å²) in [4.78, 5) is 40.6. The van der Waals surface area contributed by atoms with E-state index in [0.29, 0.717) is 5.69 Å². The van der Waals surface area contributed by atoms with Crippen LogP contribution in [0.15, 0.2) is 36.7 Å². The smallest absolute Gasteiger partial charge is 0.387 e. The second-order valence-electron chi connectivity index (χ2n) is 9.61. The molecule has 1 unspecified atom stereocenters. The van der Waals surface area contributed by atoms with Gasteiger partial charge in [0.15, 0.2) is 29.1 Å². The van der Waals surface area contributed by atoms with Crippen molar-refractivity contribution in [3.8, 4) is 0 Å². The van der Waals surface area contributed by atoms with Crippen molar-refractivity contribution in [3.63, 3.8) is 0 Å². The molecule has 0 bridgehead atoms. The minimum Gasteiger partial charge on any atom is -0.387 e. The normalized spacial score (nSPS) is 25.6. The van der Waals surface area contributed by atoms with Gasteiger partial charge in [-0.25, -0.2) is 19.4 Å². The van der Waals surface area contributed by atoms with Crippen molar-refractivity contribution in [3.05, 3.63) is 36.7 Å². The highest BCUT2D eigenvalue weighted by Gasteiger charge is 2.58. The molecule has 0 spiro atoms. The summed E-state index contributed by atoms with van der Waals surface area (Å²) in [6.07, 6.45) is -6.32. The molecule has 1 saturated heterocycles. The van der Waals surface area contributed by atoms with Gasteiger partial charge in [0.05, 0.1) is 17.9 Å². The SMILES string of the molecule is CC(C)ON(c1ccccc1)[C@@H](C)C(=O)OP(=O)(O)O[C@@H](C)[C@H]1O[C@](O)(n2cnc3c(N)nc(N)nc32)[C@H](O)[C@@H]1O. The number of carbonyl (C=O) groups excluding carboxylic acids is 1. The molecule has 7 atom stereocenters. The maximum absolute atomic E-state index is 12.9. The second kappa shape index (κ2) is 11.5. The highest BCUT2D eigenvalue weighted by atomic mass is 31.2. The molecular weight excluding hydrogens is 565 g/mol. The lowest BCUT2D eigenvalue weighted by Crippen LogP contribution is -2.45. The van der Waals surface area contributed by atoms with Crippen LogP contribution in [0, 0.1) is 0 Å². The predicted octanol–water partition coefficient (Wildman–Crippen LogP) is -0.00230. The van der Waals surface area contributed by atoms with Crippen LogP contribution < -0.4 is 16.5 Å². The van der Waals surface area contributed by atoms with Crippen molar-refractivity contribution >= 4 is 42.4 Å². The van der Waals surface area contributed by atoms with Crippen LogP contribution in [-0.2, 0) is 33.9 Å². The zero-order valence-corrected chi connectivity index (χ0v) is 23.4. The fourth-order valence-electron chi connectivity index (χ4n) is 4.24. The van der Waals surface area contributed by atoms with Crippen LogP contribution in [0.5, 0.6) is 0 Å². The monoisotopic (exact) mass is 597 g/mol. The van der Waals surface area contributed by atoms with E-state index in [9.17, 15) is 29.6 Å². The first kappa shape index (κ1) is 30.5. The quantitative estimate of drug-likeness (QED) is 0.133. The van der Waals surface area contributed by atoms with Gasteiger partial charge in [0, 0.05) is 0 Å². The number of imidazole rings is 1. The molecule has 2 aromatic heterocycles. The molecule has 3 heterocycles. The summed E-state index contributed by atoms with van der Waals surface area (Å²) >= 11 is 0. The van der Waals surface area contributed by atoms with Crippen molar-refractivity contribution < 1.29 is 48.2 Å². The van der Waals surface area contributed by atoms with Crippen LogP contribution in [0.2, 0.25) is 0 Å². The van der Waals surface area contributed by atoms with E-state index in [0.717, 1.165) is 10.9 Å². The Hall–Kier alpha value is -3.41. The summed E-state index contributed by atoms with van der Waals surface area (Å²) in [5, 5.41) is 33.8. The van der Waals surface area contributed by atoms with E-state index in [4.69, 9.17) is 30.1 Å². The fraction of sp³-hybridized carbons (Fsp3) is 0.478. The van der Waals surface area contributed by atoms with Gasteiger partial charge < -0.3 is 36.0 Å². The highest BCUT2D eigenvalue weighted by molar-refractivity contribution is 7.48. The molecular formula is C23H32N7O10P. The number of fused-ring (bicyclic) bond motifs is 1. The van der Waals surface area contributed by atoms with Gasteiger partial charge in [-0.15, -0.1) is 0 Å². The Balaban J connectivity index is 1.49. The number of nitrogen functional groups attached to an aromatic ring is 2. The molecule has 17 nitrogen and oxygen atoms in total. The van der Waals surface area contributed by atoms with Crippen molar-refractivity contribution in [1.29, 1.82) is 0 Å². The number of hydroxylamine groups is 1. The molecule has 224 valence electrons. The van der Waals surface area contributed by atoms with Gasteiger partial charge in [0.25, 0.3) is 5.91 Å². The number of aromatic nitrogens is 4. The van der Waals surface area contributed by atoms with E-state index >= 15 is 0 Å². The minimum atomic E-state index is -5.14. The number of nitrogens with two attached hydrogens (primary N) is 2. The molecule has 8 N–H and O–H groups in total. The number of para-hydroxylation sites is 1. The summed E-state index contributed by atoms with van der Waals surface area (Å²) in [6.45, 7) is 6.08. The third kappa shape index (κ3) is 6.12. The molecule has 4 rings (SSSR count). The number of benzene rings is 1. The van der Waals surface area contributed by atoms with Crippen LogP contribution >= 0.6 is 7.82 Å². The van der Waals surface area contributed by atoms with Crippen molar-refractivity contribution in [2.75, 3.05) is 16.5 Å². The summed E-state index contributed by atoms with van der Waals surface area (Å²) in [5.74, 6) is -4.21. The Labute approximate surface area is 233 Å². The summed E-state index contributed by atoms with van der Waals surface area (Å²) < 4.78 is 29.1. The molecule has 0 amide bonds. The highest BCUT2D eigenvalue weighted by Crippen LogP contribution is 2.48. The third-order valence-electron chi connectivity index (χ3n) is 6.14. The lowest BCUT2D eigenvalue weighted by Gasteiger charge is -2.31. The van der Waals surface area contributed by atoms with E-state index < -0.39 is 50.2 Å². The maximum atomic E-state index is 12.9. The number of hydrogen-bond acceptors (Lipinski definition) is 15. The van der Waals surface area contributed by atoms with Crippen LogP contribution in [-0.4, -0.2) is 82.3 Å². The van der Waals surface area contributed by atoms with Crippen LogP contribution in [0.1, 0.15) is 27.7 Å². The van der Waals surface area contributed by atoms with Gasteiger partial charge >= 0.3 is 13.8 Å². The number of ether oxygens (including phenoxy) is 1. The predicted molar refractivity (Wildman–Crippen MR) is 142 cm³/mol. The van der Waals surface area contributed by atoms with E-state index in [1.165, 1.54) is 18.9 Å². The number of rotatable bonds is 10. The Kier molecular flexibility index (Phi) is 8.54. The topological polar surface area (TPSA) is 251 Å². The fourth-order valence-corrected chi connectivity index (χ4v) is 5.21. The number of nitrogens with zero attached hydrogens (tertiary/aromatic N) is 5. The zero-order chi connectivity index (χ0) is 30.3. The van der Waals surface area contributed by atoms with Crippen molar-refractivity contribution in [1.82, 2.24) is 19.5 Å². The summed E-state index contributed by atoms with van der Waals surface area (Å²) in [6, 6.07) is 7.37. The van der Waals surface area contributed by atoms with Crippen LogP contribution in [0.4, 0.5) is 17.5 Å². The summed E-state index contributed by atoms with van der Waals surface area (Å²) in [7, 11) is -5.14. The minimum absolute atomic E-state index is 0.0255. The van der Waals surface area contributed by atoms with Gasteiger partial charge in [-0.2, -0.15) is 9.97 Å². The van der Waals surface area contributed by atoms with Gasteiger partial charge in [0.1, 0.15) is 18.5 Å². The Morgan fingerprint density at radius 2 is 1.83 bits per heavy atom. The molecule has 1 aromatic carbocycles. The molecule has 0 radical (unpaired) electrons. The Morgan fingerprint density at radius 3 is 2.46 bits per heavy atom. The Bertz CT molecular complexity index is 1440. The number of phosphoric acid groups is 1. The van der Waals surface area contributed by atoms with Gasteiger partial charge in [-0.05, 0) is 39.8 Å².